The van der Waals surface area contributed by atoms with Crippen LogP contribution in [0.25, 0.3) is 0 Å². The van der Waals surface area contributed by atoms with E-state index in [4.69, 9.17) is 4.74 Å². The molecule has 2 N–H and O–H groups in total. The molecule has 8 nitrogen and oxygen atoms in total. The van der Waals surface area contributed by atoms with Crippen molar-refractivity contribution in [2.45, 2.75) is 26.4 Å². The van der Waals surface area contributed by atoms with Crippen LogP contribution in [0.15, 0.2) is 0 Å². The molecule has 1 aromatic rings. The Bertz CT molecular complexity index is 487. The molecule has 0 spiro atoms. The van der Waals surface area contributed by atoms with Gasteiger partial charge in [-0.3, -0.25) is 14.7 Å². The summed E-state index contributed by atoms with van der Waals surface area (Å²) in [6.45, 7) is 5.06. The van der Waals surface area contributed by atoms with E-state index in [2.05, 4.69) is 20.5 Å². The highest BCUT2D eigenvalue weighted by Gasteiger charge is 2.27. The Hall–Kier alpha value is -1.96. The number of morpholine rings is 1. The molecule has 1 aliphatic rings. The average Bonchev–Trinajstić information content (AvgIpc) is 2.85. The van der Waals surface area contributed by atoms with Crippen molar-refractivity contribution < 1.29 is 14.3 Å². The van der Waals surface area contributed by atoms with Gasteiger partial charge in [0, 0.05) is 26.4 Å². The monoisotopic (exact) mass is 281 g/mol. The minimum Gasteiger partial charge on any atom is -0.366 e. The topological polar surface area (TPSA) is 100 Å². The van der Waals surface area contributed by atoms with Crippen LogP contribution < -0.4 is 5.32 Å². The molecule has 1 aliphatic heterocycles. The van der Waals surface area contributed by atoms with Crippen molar-refractivity contribution in [2.75, 3.05) is 26.2 Å². The Morgan fingerprint density at radius 1 is 1.55 bits per heavy atom. The number of hydrogen-bond donors (Lipinski definition) is 2. The highest BCUT2D eigenvalue weighted by atomic mass is 16.5. The first-order valence-electron chi connectivity index (χ1n) is 6.59. The fourth-order valence-electron chi connectivity index (χ4n) is 2.04. The van der Waals surface area contributed by atoms with E-state index in [0.717, 1.165) is 5.82 Å². The quantitative estimate of drug-likeness (QED) is 0.778. The summed E-state index contributed by atoms with van der Waals surface area (Å²) in [7, 11) is 0. The Balaban J connectivity index is 1.86. The summed E-state index contributed by atoms with van der Waals surface area (Å²) in [5.74, 6) is 1.16. The minimum atomic E-state index is -0.293. The molecule has 0 bridgehead atoms. The van der Waals surface area contributed by atoms with Crippen LogP contribution in [0.1, 0.15) is 31.1 Å². The van der Waals surface area contributed by atoms with Gasteiger partial charge < -0.3 is 15.0 Å². The zero-order valence-corrected chi connectivity index (χ0v) is 11.7. The predicted molar refractivity (Wildman–Crippen MR) is 69.7 cm³/mol. The summed E-state index contributed by atoms with van der Waals surface area (Å²) in [5, 5.41) is 9.44. The number of H-pyrrole nitrogens is 1. The zero-order chi connectivity index (χ0) is 14.5. The lowest BCUT2D eigenvalue weighted by molar-refractivity contribution is -0.139. The number of aromatic nitrogens is 3. The van der Waals surface area contributed by atoms with E-state index in [9.17, 15) is 9.59 Å². The first-order valence-corrected chi connectivity index (χ1v) is 6.59. The number of rotatable bonds is 4. The number of ether oxygens (including phenoxy) is 1. The molecule has 1 atom stereocenters. The van der Waals surface area contributed by atoms with Crippen molar-refractivity contribution in [1.82, 2.24) is 25.4 Å². The standard InChI is InChI=1S/C12H19N5O3/c1-8-14-12(16-15-8)10-7-17(5-6-20-10)11(19)3-4-13-9(2)18/h10H,3-7H2,1-2H3,(H,13,18)(H,14,15,16)/t10-/m1/s1. The number of aromatic amines is 1. The van der Waals surface area contributed by atoms with Gasteiger partial charge in [0.25, 0.3) is 0 Å². The number of carbonyl (C=O) groups excluding carboxylic acids is 2. The van der Waals surface area contributed by atoms with Crippen molar-refractivity contribution in [2.24, 2.45) is 0 Å². The van der Waals surface area contributed by atoms with Crippen LogP contribution in [-0.2, 0) is 14.3 Å². The maximum Gasteiger partial charge on any atom is 0.224 e. The summed E-state index contributed by atoms with van der Waals surface area (Å²) in [6.07, 6.45) is -0.00214. The molecule has 0 unspecified atom stereocenters. The highest BCUT2D eigenvalue weighted by Crippen LogP contribution is 2.19. The molecule has 1 fully saturated rings. The van der Waals surface area contributed by atoms with Crippen LogP contribution in [0.2, 0.25) is 0 Å². The Morgan fingerprint density at radius 2 is 2.35 bits per heavy atom. The van der Waals surface area contributed by atoms with Crippen LogP contribution in [0, 0.1) is 6.92 Å². The second-order valence-electron chi connectivity index (χ2n) is 4.71. The van der Waals surface area contributed by atoms with Gasteiger partial charge in [0.05, 0.1) is 13.2 Å². The van der Waals surface area contributed by atoms with Crippen LogP contribution in [-0.4, -0.2) is 58.1 Å². The summed E-state index contributed by atoms with van der Waals surface area (Å²) in [5.41, 5.74) is 0. The third-order valence-corrected chi connectivity index (χ3v) is 3.03. The van der Waals surface area contributed by atoms with Gasteiger partial charge in [-0.1, -0.05) is 0 Å². The van der Waals surface area contributed by atoms with Crippen molar-refractivity contribution >= 4 is 11.8 Å². The molecule has 20 heavy (non-hydrogen) atoms. The van der Waals surface area contributed by atoms with Crippen molar-refractivity contribution in [1.29, 1.82) is 0 Å². The number of aryl methyl sites for hydroxylation is 1. The second-order valence-corrected chi connectivity index (χ2v) is 4.71. The first-order chi connectivity index (χ1) is 9.56. The Labute approximate surface area is 116 Å². The van der Waals surface area contributed by atoms with E-state index < -0.39 is 0 Å². The van der Waals surface area contributed by atoms with Gasteiger partial charge in [-0.2, -0.15) is 5.10 Å². The third-order valence-electron chi connectivity index (χ3n) is 3.03. The fraction of sp³-hybridized carbons (Fsp3) is 0.667. The maximum atomic E-state index is 12.0. The number of amides is 2. The van der Waals surface area contributed by atoms with Gasteiger partial charge in [-0.25, -0.2) is 4.98 Å². The average molecular weight is 281 g/mol. The zero-order valence-electron chi connectivity index (χ0n) is 11.7. The fourth-order valence-corrected chi connectivity index (χ4v) is 2.04. The Morgan fingerprint density at radius 3 is 3.00 bits per heavy atom. The number of nitrogens with one attached hydrogen (secondary N) is 2. The van der Waals surface area contributed by atoms with Crippen LogP contribution >= 0.6 is 0 Å². The number of carbonyl (C=O) groups is 2. The van der Waals surface area contributed by atoms with E-state index in [1.807, 2.05) is 6.92 Å². The normalized spacial score (nSPS) is 18.9. The SMILES string of the molecule is CC(=O)NCCC(=O)N1CCO[C@@H](c2n[nH]c(C)n2)C1. The number of nitrogens with zero attached hydrogens (tertiary/aromatic N) is 3. The molecule has 0 aromatic carbocycles. The molecule has 2 heterocycles. The lowest BCUT2D eigenvalue weighted by Gasteiger charge is -2.31. The molecule has 0 aliphatic carbocycles. The van der Waals surface area contributed by atoms with Crippen LogP contribution in [0.5, 0.6) is 0 Å². The summed E-state index contributed by atoms with van der Waals surface area (Å²) in [6, 6.07) is 0. The molecule has 0 radical (unpaired) electrons. The van der Waals surface area contributed by atoms with Crippen molar-refractivity contribution in [3.63, 3.8) is 0 Å². The molecule has 8 heteroatoms. The third kappa shape index (κ3) is 3.77. The van der Waals surface area contributed by atoms with Gasteiger partial charge >= 0.3 is 0 Å². The maximum absolute atomic E-state index is 12.0. The Kier molecular flexibility index (Phi) is 4.67. The van der Waals surface area contributed by atoms with E-state index in [-0.39, 0.29) is 17.9 Å². The lowest BCUT2D eigenvalue weighted by atomic mass is 10.2. The molecule has 0 saturated carbocycles. The van der Waals surface area contributed by atoms with Crippen molar-refractivity contribution in [3.8, 4) is 0 Å². The van der Waals surface area contributed by atoms with Gasteiger partial charge in [0.15, 0.2) is 5.82 Å². The molecular formula is C12H19N5O3. The summed E-state index contributed by atoms with van der Waals surface area (Å²) < 4.78 is 5.59. The van der Waals surface area contributed by atoms with Crippen LogP contribution in [0.4, 0.5) is 0 Å². The first kappa shape index (κ1) is 14.4. The molecule has 1 saturated heterocycles. The van der Waals surface area contributed by atoms with Gasteiger partial charge in [-0.05, 0) is 6.92 Å². The molecule has 2 amide bonds. The number of hydrogen-bond acceptors (Lipinski definition) is 5. The largest absolute Gasteiger partial charge is 0.366 e. The van der Waals surface area contributed by atoms with Gasteiger partial charge in [0.1, 0.15) is 11.9 Å². The van der Waals surface area contributed by atoms with E-state index in [1.54, 1.807) is 4.90 Å². The molecule has 2 rings (SSSR count). The smallest absolute Gasteiger partial charge is 0.224 e. The van der Waals surface area contributed by atoms with Crippen molar-refractivity contribution in [3.05, 3.63) is 11.6 Å². The lowest BCUT2D eigenvalue weighted by Crippen LogP contribution is -2.43. The highest BCUT2D eigenvalue weighted by molar-refractivity contribution is 5.78. The van der Waals surface area contributed by atoms with E-state index >= 15 is 0 Å². The van der Waals surface area contributed by atoms with Gasteiger partial charge in [-0.15, -0.1) is 0 Å². The summed E-state index contributed by atoms with van der Waals surface area (Å²) >= 11 is 0. The van der Waals surface area contributed by atoms with Crippen LogP contribution in [0.3, 0.4) is 0 Å². The second kappa shape index (κ2) is 6.47. The van der Waals surface area contributed by atoms with Gasteiger partial charge in [0.2, 0.25) is 11.8 Å². The minimum absolute atomic E-state index is 0.000641. The molecular weight excluding hydrogens is 262 g/mol. The van der Waals surface area contributed by atoms with E-state index in [1.165, 1.54) is 6.92 Å². The molecule has 110 valence electrons. The summed E-state index contributed by atoms with van der Waals surface area (Å²) in [4.78, 5) is 28.7. The predicted octanol–water partition coefficient (Wildman–Crippen LogP) is -0.461. The molecule has 1 aromatic heterocycles. The van der Waals surface area contributed by atoms with E-state index in [0.29, 0.717) is 38.5 Å².